The number of nitrogens with one attached hydrogen (secondary N) is 1. The quantitative estimate of drug-likeness (QED) is 0.862. The van der Waals surface area contributed by atoms with Gasteiger partial charge in [0.1, 0.15) is 5.75 Å². The van der Waals surface area contributed by atoms with E-state index in [9.17, 15) is 18.0 Å². The molecule has 1 aromatic rings. The van der Waals surface area contributed by atoms with Gasteiger partial charge in [0, 0.05) is 24.1 Å². The van der Waals surface area contributed by atoms with Crippen molar-refractivity contribution in [2.24, 2.45) is 0 Å². The zero-order valence-corrected chi connectivity index (χ0v) is 11.7. The van der Waals surface area contributed by atoms with Crippen molar-refractivity contribution >= 4 is 5.78 Å². The van der Waals surface area contributed by atoms with E-state index in [0.29, 0.717) is 18.0 Å². The van der Waals surface area contributed by atoms with Gasteiger partial charge in [-0.25, -0.2) is 0 Å². The number of Topliss-reactive ketones (excluding diaryl/α,β-unsaturated/α-hetero) is 1. The van der Waals surface area contributed by atoms with Crippen molar-refractivity contribution in [1.29, 1.82) is 0 Å². The molecule has 1 aromatic carbocycles. The normalized spacial score (nSPS) is 22.9. The molecule has 0 amide bonds. The molecule has 2 unspecified atom stereocenters. The fourth-order valence-corrected chi connectivity index (χ4v) is 2.58. The third-order valence-corrected chi connectivity index (χ3v) is 3.55. The number of halogens is 3. The topological polar surface area (TPSA) is 38.3 Å². The zero-order valence-electron chi connectivity index (χ0n) is 11.7. The van der Waals surface area contributed by atoms with Gasteiger partial charge in [0.2, 0.25) is 0 Å². The van der Waals surface area contributed by atoms with E-state index in [2.05, 4.69) is 17.0 Å². The summed E-state index contributed by atoms with van der Waals surface area (Å²) < 4.78 is 39.9. The first-order valence-electron chi connectivity index (χ1n) is 6.98. The molecular weight excluding hydrogens is 283 g/mol. The minimum Gasteiger partial charge on any atom is -0.406 e. The van der Waals surface area contributed by atoms with Gasteiger partial charge in [-0.05, 0) is 44.0 Å². The highest BCUT2D eigenvalue weighted by Gasteiger charge is 2.31. The number of ketones is 1. The minimum atomic E-state index is -4.71. The Kier molecular flexibility index (Phi) is 4.88. The van der Waals surface area contributed by atoms with Crippen LogP contribution < -0.4 is 10.1 Å². The molecule has 0 saturated carbocycles. The van der Waals surface area contributed by atoms with Crippen LogP contribution >= 0.6 is 0 Å². The van der Waals surface area contributed by atoms with Crippen LogP contribution in [0, 0.1) is 0 Å². The Labute approximate surface area is 121 Å². The average molecular weight is 301 g/mol. The summed E-state index contributed by atoms with van der Waals surface area (Å²) in [6.45, 7) is 2.08. The molecule has 0 bridgehead atoms. The smallest absolute Gasteiger partial charge is 0.406 e. The fraction of sp³-hybridized carbons (Fsp3) is 0.533. The van der Waals surface area contributed by atoms with E-state index in [0.717, 1.165) is 31.4 Å². The largest absolute Gasteiger partial charge is 0.573 e. The van der Waals surface area contributed by atoms with Crippen molar-refractivity contribution in [3.8, 4) is 5.75 Å². The first-order chi connectivity index (χ1) is 9.83. The van der Waals surface area contributed by atoms with Crippen molar-refractivity contribution in [1.82, 2.24) is 5.32 Å². The van der Waals surface area contributed by atoms with Crippen LogP contribution in [-0.4, -0.2) is 24.2 Å². The van der Waals surface area contributed by atoms with Crippen LogP contribution in [0.3, 0.4) is 0 Å². The van der Waals surface area contributed by atoms with Crippen molar-refractivity contribution in [2.75, 3.05) is 0 Å². The Balaban J connectivity index is 1.93. The van der Waals surface area contributed by atoms with Crippen LogP contribution in [0.4, 0.5) is 13.2 Å². The molecule has 1 fully saturated rings. The van der Waals surface area contributed by atoms with Gasteiger partial charge in [-0.15, -0.1) is 13.2 Å². The van der Waals surface area contributed by atoms with E-state index in [1.807, 2.05) is 0 Å². The van der Waals surface area contributed by atoms with Crippen molar-refractivity contribution in [3.63, 3.8) is 0 Å². The summed E-state index contributed by atoms with van der Waals surface area (Å²) >= 11 is 0. The van der Waals surface area contributed by atoms with Crippen LogP contribution in [0.1, 0.15) is 43.0 Å². The van der Waals surface area contributed by atoms with Gasteiger partial charge in [-0.1, -0.05) is 6.42 Å². The Morgan fingerprint density at radius 1 is 1.29 bits per heavy atom. The second-order valence-electron chi connectivity index (χ2n) is 5.40. The predicted octanol–water partition coefficient (Wildman–Crippen LogP) is 3.69. The van der Waals surface area contributed by atoms with E-state index in [1.54, 1.807) is 0 Å². The third kappa shape index (κ3) is 5.04. The molecule has 2 atom stereocenters. The Morgan fingerprint density at radius 3 is 2.52 bits per heavy atom. The summed E-state index contributed by atoms with van der Waals surface area (Å²) in [4.78, 5) is 12.1. The lowest BCUT2D eigenvalue weighted by molar-refractivity contribution is -0.274. The molecule has 1 saturated heterocycles. The molecule has 21 heavy (non-hydrogen) atoms. The highest BCUT2D eigenvalue weighted by atomic mass is 19.4. The number of hydrogen-bond donors (Lipinski definition) is 1. The van der Waals surface area contributed by atoms with Crippen LogP contribution in [-0.2, 0) is 0 Å². The zero-order chi connectivity index (χ0) is 15.5. The first-order valence-corrected chi connectivity index (χ1v) is 6.98. The first kappa shape index (κ1) is 15.8. The van der Waals surface area contributed by atoms with Crippen LogP contribution in [0.15, 0.2) is 24.3 Å². The van der Waals surface area contributed by atoms with Crippen molar-refractivity contribution in [2.45, 2.75) is 51.1 Å². The second-order valence-corrected chi connectivity index (χ2v) is 5.40. The maximum atomic E-state index is 12.1. The van der Waals surface area contributed by atoms with Gasteiger partial charge < -0.3 is 10.1 Å². The Morgan fingerprint density at radius 2 is 1.95 bits per heavy atom. The molecule has 6 heteroatoms. The number of rotatable bonds is 4. The monoisotopic (exact) mass is 301 g/mol. The number of carbonyl (C=O) groups is 1. The highest BCUT2D eigenvalue weighted by molar-refractivity contribution is 5.96. The van der Waals surface area contributed by atoms with Gasteiger partial charge in [0.25, 0.3) is 0 Å². The Bertz CT molecular complexity index is 485. The summed E-state index contributed by atoms with van der Waals surface area (Å²) in [5, 5.41) is 3.37. The second kappa shape index (κ2) is 6.47. The summed E-state index contributed by atoms with van der Waals surface area (Å²) in [6, 6.07) is 5.62. The van der Waals surface area contributed by atoms with Crippen LogP contribution in [0.25, 0.3) is 0 Å². The number of alkyl halides is 3. The fourth-order valence-electron chi connectivity index (χ4n) is 2.58. The molecule has 116 valence electrons. The number of carbonyl (C=O) groups excluding carboxylic acids is 1. The molecule has 1 N–H and O–H groups in total. The predicted molar refractivity (Wildman–Crippen MR) is 72.3 cm³/mol. The summed E-state index contributed by atoms with van der Waals surface area (Å²) in [5.74, 6) is -0.386. The maximum Gasteiger partial charge on any atom is 0.573 e. The molecular formula is C15H18F3NO2. The van der Waals surface area contributed by atoms with E-state index in [1.165, 1.54) is 12.1 Å². The molecule has 2 rings (SSSR count). The standard InChI is InChI=1S/C15H18F3NO2/c1-10-3-2-4-12(19-10)9-14(20)11-5-7-13(8-6-11)21-15(16,17)18/h5-8,10,12,19H,2-4,9H2,1H3. The summed E-state index contributed by atoms with van der Waals surface area (Å²) in [5.41, 5.74) is 0.407. The van der Waals surface area contributed by atoms with E-state index >= 15 is 0 Å². The van der Waals surface area contributed by atoms with Gasteiger partial charge in [-0.3, -0.25) is 4.79 Å². The number of hydrogen-bond acceptors (Lipinski definition) is 3. The SMILES string of the molecule is CC1CCCC(CC(=O)c2ccc(OC(F)(F)F)cc2)N1. The molecule has 0 radical (unpaired) electrons. The molecule has 1 heterocycles. The molecule has 0 aromatic heterocycles. The van der Waals surface area contributed by atoms with Crippen molar-refractivity contribution in [3.05, 3.63) is 29.8 Å². The third-order valence-electron chi connectivity index (χ3n) is 3.55. The Hall–Kier alpha value is -1.56. The molecule has 0 spiro atoms. The summed E-state index contributed by atoms with van der Waals surface area (Å²) in [7, 11) is 0. The molecule has 1 aliphatic rings. The van der Waals surface area contributed by atoms with Gasteiger partial charge in [0.05, 0.1) is 0 Å². The van der Waals surface area contributed by atoms with E-state index < -0.39 is 6.36 Å². The molecule has 0 aliphatic carbocycles. The van der Waals surface area contributed by atoms with Crippen LogP contribution in [0.5, 0.6) is 5.75 Å². The van der Waals surface area contributed by atoms with Gasteiger partial charge >= 0.3 is 6.36 Å². The van der Waals surface area contributed by atoms with Gasteiger partial charge in [0.15, 0.2) is 5.78 Å². The highest BCUT2D eigenvalue weighted by Crippen LogP contribution is 2.23. The van der Waals surface area contributed by atoms with Crippen LogP contribution in [0.2, 0.25) is 0 Å². The number of piperidine rings is 1. The summed E-state index contributed by atoms with van der Waals surface area (Å²) in [6.07, 6.45) is -1.21. The minimum absolute atomic E-state index is 0.0693. The lowest BCUT2D eigenvalue weighted by Crippen LogP contribution is -2.41. The van der Waals surface area contributed by atoms with Gasteiger partial charge in [-0.2, -0.15) is 0 Å². The number of ether oxygens (including phenoxy) is 1. The lowest BCUT2D eigenvalue weighted by atomic mass is 9.94. The maximum absolute atomic E-state index is 12.1. The van der Waals surface area contributed by atoms with E-state index in [-0.39, 0.29) is 17.6 Å². The lowest BCUT2D eigenvalue weighted by Gasteiger charge is -2.28. The van der Waals surface area contributed by atoms with Crippen molar-refractivity contribution < 1.29 is 22.7 Å². The van der Waals surface area contributed by atoms with E-state index in [4.69, 9.17) is 0 Å². The number of benzene rings is 1. The average Bonchev–Trinajstić information content (AvgIpc) is 2.37. The molecule has 1 aliphatic heterocycles. The molecule has 3 nitrogen and oxygen atoms in total.